The van der Waals surface area contributed by atoms with E-state index in [2.05, 4.69) is 109 Å². The van der Waals surface area contributed by atoms with Crippen molar-refractivity contribution in [3.05, 3.63) is 106 Å². The Labute approximate surface area is 430 Å². The molecule has 4 fully saturated rings. The van der Waals surface area contributed by atoms with Crippen LogP contribution in [-0.4, -0.2) is 105 Å². The molecule has 8 aromatic rings. The monoisotopic (exact) mass is 1060 g/mol. The van der Waals surface area contributed by atoms with Crippen LogP contribution >= 0.6 is 22.7 Å². The van der Waals surface area contributed by atoms with Crippen molar-refractivity contribution in [2.24, 2.45) is 10.8 Å². The van der Waals surface area contributed by atoms with Crippen molar-refractivity contribution in [2.45, 2.75) is 88.9 Å². The lowest BCUT2D eigenvalue weighted by Crippen LogP contribution is -2.56. The lowest BCUT2D eigenvalue weighted by molar-refractivity contribution is -0.127. The molecule has 2 aromatic carbocycles. The van der Waals surface area contributed by atoms with E-state index in [0.717, 1.165) is 123 Å². The fraction of sp³-hybridized carbons (Fsp3) is 0.423. The number of benzene rings is 2. The van der Waals surface area contributed by atoms with E-state index in [-0.39, 0.29) is 32.6 Å². The van der Waals surface area contributed by atoms with Crippen molar-refractivity contribution in [3.8, 4) is 34.5 Å². The van der Waals surface area contributed by atoms with Crippen molar-refractivity contribution in [1.29, 1.82) is 0 Å². The average molecular weight is 1060 g/mol. The summed E-state index contributed by atoms with van der Waals surface area (Å²) in [7, 11) is 2.95. The van der Waals surface area contributed by atoms with E-state index >= 15 is 0 Å². The summed E-state index contributed by atoms with van der Waals surface area (Å²) in [5.74, 6) is 1.34. The lowest BCUT2D eigenvalue weighted by Gasteiger charge is -2.49. The average Bonchev–Trinajstić information content (AvgIpc) is 4.22. The Balaban J connectivity index is 0.000000159. The van der Waals surface area contributed by atoms with Crippen LogP contribution in [0.1, 0.15) is 59.4 Å². The number of nitrogens with one attached hydrogen (secondary N) is 4. The highest BCUT2D eigenvalue weighted by molar-refractivity contribution is 7.19. The number of alkyl halides is 6. The third kappa shape index (κ3) is 11.0. The zero-order valence-corrected chi connectivity index (χ0v) is 42.2. The Morgan fingerprint density at radius 2 is 1.04 bits per heavy atom. The Hall–Kier alpha value is -6.36. The van der Waals surface area contributed by atoms with Crippen LogP contribution in [0.5, 0.6) is 12.0 Å². The summed E-state index contributed by atoms with van der Waals surface area (Å²) in [5.41, 5.74) is 7.10. The fourth-order valence-electron chi connectivity index (χ4n) is 11.3. The number of hydrogen-bond acceptors (Lipinski definition) is 14. The van der Waals surface area contributed by atoms with Gasteiger partial charge in [0.2, 0.25) is 0 Å². The molecule has 388 valence electrons. The van der Waals surface area contributed by atoms with Gasteiger partial charge in [-0.25, -0.2) is 0 Å². The molecule has 0 radical (unpaired) electrons. The van der Waals surface area contributed by atoms with Crippen LogP contribution in [0.3, 0.4) is 0 Å². The third-order valence-electron chi connectivity index (χ3n) is 14.7. The SMILES string of the molecule is COc1nc(N2CC3(CC[C@@H](NCc4cccc(-c5ccn[nH]5)c4)C3)C2)c2cc(CC(F)(F)F)sc2n1.COc1nc(N2CC3(CC[C@H](NCc4cccc(-c5ccn[nH]5)c4)C3)C2)c2cc(CC(F)(F)F)sc2n1. The zero-order chi connectivity index (χ0) is 51.2. The van der Waals surface area contributed by atoms with Gasteiger partial charge in [0, 0.05) is 84.3 Å². The minimum Gasteiger partial charge on any atom is -0.467 e. The number of aromatic nitrogens is 8. The van der Waals surface area contributed by atoms with Gasteiger partial charge >= 0.3 is 24.4 Å². The van der Waals surface area contributed by atoms with Gasteiger partial charge in [-0.3, -0.25) is 10.2 Å². The first-order chi connectivity index (χ1) is 35.6. The van der Waals surface area contributed by atoms with E-state index in [0.29, 0.717) is 44.2 Å². The Morgan fingerprint density at radius 1 is 0.608 bits per heavy atom. The molecule has 74 heavy (non-hydrogen) atoms. The Morgan fingerprint density at radius 3 is 1.42 bits per heavy atom. The second-order valence-electron chi connectivity index (χ2n) is 20.2. The van der Waals surface area contributed by atoms with Crippen molar-refractivity contribution < 1.29 is 35.8 Å². The Bertz CT molecular complexity index is 3010. The summed E-state index contributed by atoms with van der Waals surface area (Å²) in [6, 6.07) is 25.2. The van der Waals surface area contributed by atoms with E-state index in [1.807, 2.05) is 12.1 Å². The van der Waals surface area contributed by atoms with Gasteiger partial charge in [-0.15, -0.1) is 22.7 Å². The van der Waals surface area contributed by atoms with Crippen LogP contribution in [0.15, 0.2) is 85.2 Å². The summed E-state index contributed by atoms with van der Waals surface area (Å²) in [6.45, 7) is 4.93. The summed E-state index contributed by atoms with van der Waals surface area (Å²) < 4.78 is 88.3. The van der Waals surface area contributed by atoms with E-state index in [1.54, 1.807) is 24.5 Å². The molecule has 2 spiro atoms. The number of hydrogen-bond donors (Lipinski definition) is 4. The highest BCUT2D eigenvalue weighted by atomic mass is 32.1. The summed E-state index contributed by atoms with van der Waals surface area (Å²) in [4.78, 5) is 23.5. The van der Waals surface area contributed by atoms with Crippen LogP contribution in [0.2, 0.25) is 0 Å². The van der Waals surface area contributed by atoms with Crippen molar-refractivity contribution in [2.75, 3.05) is 50.2 Å². The van der Waals surface area contributed by atoms with Crippen molar-refractivity contribution in [1.82, 2.24) is 51.0 Å². The minimum absolute atomic E-state index is 0.187. The number of nitrogens with zero attached hydrogens (tertiary/aromatic N) is 8. The number of thiophene rings is 2. The first-order valence-corrected chi connectivity index (χ1v) is 26.2. The van der Waals surface area contributed by atoms with Crippen molar-refractivity contribution in [3.63, 3.8) is 0 Å². The second kappa shape index (κ2) is 20.1. The van der Waals surface area contributed by atoms with E-state index in [4.69, 9.17) is 9.47 Å². The van der Waals surface area contributed by atoms with Crippen LogP contribution in [-0.2, 0) is 25.9 Å². The smallest absolute Gasteiger partial charge is 0.393 e. The highest BCUT2D eigenvalue weighted by Crippen LogP contribution is 2.50. The summed E-state index contributed by atoms with van der Waals surface area (Å²) in [5, 5.41) is 22.9. The molecule has 4 N–H and O–H groups in total. The van der Waals surface area contributed by atoms with E-state index < -0.39 is 25.2 Å². The fourth-order valence-corrected chi connectivity index (χ4v) is 13.4. The summed E-state index contributed by atoms with van der Waals surface area (Å²) >= 11 is 2.11. The zero-order valence-electron chi connectivity index (χ0n) is 40.6. The van der Waals surface area contributed by atoms with Gasteiger partial charge in [-0.05, 0) is 97.2 Å². The molecular formula is C52H54F6N12O2S2. The molecular weight excluding hydrogens is 1000 g/mol. The molecule has 2 aliphatic carbocycles. The standard InChI is InChI=1S/2C26H27F3N6OS/c2*1-36-24-32-22(20-10-19(12-26(27,28)29)37-23(20)33-24)35-14-25(15-35)7-5-18(11-25)30-13-16-3-2-4-17(9-16)21-6-8-31-34-21/h2*2-4,6,8-10,18,30H,5,7,11-15H2,1H3,(H,31,34)/t2*18-/m10/s1. The number of H-pyrrole nitrogens is 2. The maximum atomic E-state index is 13.0. The second-order valence-corrected chi connectivity index (χ2v) is 22.4. The number of methoxy groups -OCH3 is 2. The molecule has 2 aliphatic heterocycles. The predicted molar refractivity (Wildman–Crippen MR) is 274 cm³/mol. The normalized spacial score (nSPS) is 19.0. The molecule has 6 aromatic heterocycles. The van der Waals surface area contributed by atoms with Crippen LogP contribution in [0.4, 0.5) is 38.0 Å². The van der Waals surface area contributed by atoms with Crippen molar-refractivity contribution >= 4 is 54.7 Å². The molecule has 4 aliphatic rings. The first kappa shape index (κ1) is 49.8. The molecule has 14 nitrogen and oxygen atoms in total. The number of halogens is 6. The van der Waals surface area contributed by atoms with Gasteiger partial charge in [0.25, 0.3) is 0 Å². The molecule has 0 unspecified atom stereocenters. The van der Waals surface area contributed by atoms with Gasteiger partial charge in [0.05, 0.1) is 49.2 Å². The predicted octanol–water partition coefficient (Wildman–Crippen LogP) is 10.7. The van der Waals surface area contributed by atoms with Gasteiger partial charge in [-0.2, -0.15) is 56.5 Å². The molecule has 12 rings (SSSR count). The van der Waals surface area contributed by atoms with Gasteiger partial charge in [0.1, 0.15) is 21.3 Å². The number of ether oxygens (including phenoxy) is 2. The van der Waals surface area contributed by atoms with Gasteiger partial charge < -0.3 is 29.9 Å². The van der Waals surface area contributed by atoms with E-state index in [1.165, 1.54) is 25.3 Å². The van der Waals surface area contributed by atoms with Crippen LogP contribution < -0.4 is 29.9 Å². The molecule has 0 amide bonds. The number of aromatic amines is 2. The lowest BCUT2D eigenvalue weighted by atomic mass is 9.78. The molecule has 2 saturated carbocycles. The molecule has 0 bridgehead atoms. The molecule has 2 saturated heterocycles. The largest absolute Gasteiger partial charge is 0.467 e. The third-order valence-corrected chi connectivity index (χ3v) is 16.8. The maximum Gasteiger partial charge on any atom is 0.393 e. The maximum absolute atomic E-state index is 13.0. The first-order valence-electron chi connectivity index (χ1n) is 24.5. The molecule has 2 atom stereocenters. The molecule has 8 heterocycles. The van der Waals surface area contributed by atoms with Crippen LogP contribution in [0.25, 0.3) is 42.9 Å². The number of fused-ring (bicyclic) bond motifs is 2. The topological polar surface area (TPSA) is 158 Å². The van der Waals surface area contributed by atoms with E-state index in [9.17, 15) is 26.3 Å². The van der Waals surface area contributed by atoms with Crippen LogP contribution in [0, 0.1) is 10.8 Å². The summed E-state index contributed by atoms with van der Waals surface area (Å²) in [6.07, 6.45) is -0.364. The quantitative estimate of drug-likeness (QED) is 0.0766. The Kier molecular flexibility index (Phi) is 13.5. The van der Waals surface area contributed by atoms with Gasteiger partial charge in [-0.1, -0.05) is 36.4 Å². The van der Waals surface area contributed by atoms with Gasteiger partial charge in [0.15, 0.2) is 0 Å². The minimum atomic E-state index is -4.26. The molecule has 22 heteroatoms. The number of anilines is 2. The number of rotatable bonds is 14. The highest BCUT2D eigenvalue weighted by Gasteiger charge is 2.50.